The van der Waals surface area contributed by atoms with Gasteiger partial charge < -0.3 is 9.88 Å². The molecule has 1 aromatic heterocycles. The summed E-state index contributed by atoms with van der Waals surface area (Å²) in [5, 5.41) is 0.853. The lowest BCUT2D eigenvalue weighted by molar-refractivity contribution is 0.100. The number of carbonyl (C=O) groups excluding carboxylic acids is 1. The predicted octanol–water partition coefficient (Wildman–Crippen LogP) is 2.66. The second-order valence-corrected chi connectivity index (χ2v) is 6.85. The van der Waals surface area contributed by atoms with Crippen LogP contribution in [0.2, 0.25) is 0 Å². The number of nitrogens with zero attached hydrogens (tertiary/aromatic N) is 2. The van der Waals surface area contributed by atoms with E-state index < -0.39 is 0 Å². The van der Waals surface area contributed by atoms with Crippen molar-refractivity contribution in [3.05, 3.63) is 34.8 Å². The van der Waals surface area contributed by atoms with Crippen molar-refractivity contribution in [2.75, 3.05) is 13.1 Å². The molecular weight excluding hydrogens is 281 g/mol. The molecule has 22 heavy (non-hydrogen) atoms. The van der Waals surface area contributed by atoms with Crippen LogP contribution >= 0.6 is 0 Å². The number of benzene rings is 1. The quantitative estimate of drug-likeness (QED) is 0.812. The first-order valence-electron chi connectivity index (χ1n) is 7.77. The van der Waals surface area contributed by atoms with Gasteiger partial charge in [0.15, 0.2) is 5.78 Å². The number of halogens is 1. The number of ketones is 1. The Labute approximate surface area is 127 Å². The monoisotopic (exact) mass is 297 g/mol. The maximum Gasteiger partial charge on any atom is 0.185 e. The summed E-state index contributed by atoms with van der Waals surface area (Å²) in [5.41, 5.74) is 3.35. The van der Waals surface area contributed by atoms with Crippen molar-refractivity contribution in [2.24, 2.45) is 4.99 Å². The topological polar surface area (TPSA) is 48.5 Å². The minimum absolute atomic E-state index is 0.0544. The van der Waals surface area contributed by atoms with Crippen LogP contribution in [0.4, 0.5) is 4.39 Å². The number of carbonyl (C=O) groups is 1. The molecule has 5 heteroatoms. The highest BCUT2D eigenvalue weighted by atomic mass is 19.1. The van der Waals surface area contributed by atoms with Crippen LogP contribution in [0.15, 0.2) is 17.1 Å². The van der Waals surface area contributed by atoms with Gasteiger partial charge in [-0.05, 0) is 31.9 Å². The van der Waals surface area contributed by atoms with Crippen LogP contribution < -0.4 is 0 Å². The molecule has 4 nitrogen and oxygen atoms in total. The zero-order valence-corrected chi connectivity index (χ0v) is 12.4. The van der Waals surface area contributed by atoms with Crippen LogP contribution in [0, 0.1) is 5.82 Å². The Hall–Kier alpha value is -2.17. The van der Waals surface area contributed by atoms with Gasteiger partial charge in [0.1, 0.15) is 18.2 Å². The van der Waals surface area contributed by atoms with E-state index in [0.29, 0.717) is 11.1 Å². The number of H-pyrrole nitrogens is 1. The summed E-state index contributed by atoms with van der Waals surface area (Å²) in [7, 11) is 0. The fourth-order valence-corrected chi connectivity index (χ4v) is 4.43. The SMILES string of the molecule is C[C@]12CCCN1C1=NCC(=O)c3cc(F)cc4[nH]c(c1c34)C2. The summed E-state index contributed by atoms with van der Waals surface area (Å²) >= 11 is 0. The lowest BCUT2D eigenvalue weighted by atomic mass is 9.86. The predicted molar refractivity (Wildman–Crippen MR) is 82.0 cm³/mol. The Morgan fingerprint density at radius 1 is 1.41 bits per heavy atom. The molecule has 0 radical (unpaired) electrons. The smallest absolute Gasteiger partial charge is 0.185 e. The number of aromatic amines is 1. The molecule has 0 aliphatic carbocycles. The largest absolute Gasteiger partial charge is 0.358 e. The number of Topliss-reactive ketones (excluding diaryl/α,β-unsaturated/α-hetero) is 1. The fraction of sp³-hybridized carbons (Fsp3) is 0.412. The summed E-state index contributed by atoms with van der Waals surface area (Å²) in [5.74, 6) is 0.449. The molecule has 1 saturated heterocycles. The van der Waals surface area contributed by atoms with Crippen LogP contribution in [0.1, 0.15) is 41.4 Å². The number of amidine groups is 1. The van der Waals surface area contributed by atoms with Gasteiger partial charge in [-0.15, -0.1) is 0 Å². The number of aromatic nitrogens is 1. The lowest BCUT2D eigenvalue weighted by Gasteiger charge is -2.41. The fourth-order valence-electron chi connectivity index (χ4n) is 4.43. The van der Waals surface area contributed by atoms with Crippen LogP contribution in [-0.2, 0) is 6.42 Å². The number of rotatable bonds is 0. The zero-order valence-electron chi connectivity index (χ0n) is 12.4. The number of nitrogens with one attached hydrogen (secondary N) is 1. The zero-order chi connectivity index (χ0) is 15.1. The van der Waals surface area contributed by atoms with Gasteiger partial charge in [0.05, 0.1) is 5.52 Å². The first-order chi connectivity index (χ1) is 10.6. The number of fused-ring (bicyclic) bond motifs is 2. The standard InChI is InChI=1S/C17H16FN3O/c1-17-3-2-4-21(17)16-15-12(7-17)20-11-6-9(18)5-10(14(11)15)13(22)8-19-16/h5-6,20H,2-4,7-8H2,1H3/t17-/m1/s1. The van der Waals surface area contributed by atoms with Gasteiger partial charge in [0.2, 0.25) is 0 Å². The molecule has 0 unspecified atom stereocenters. The van der Waals surface area contributed by atoms with E-state index in [1.54, 1.807) is 0 Å². The van der Waals surface area contributed by atoms with Gasteiger partial charge in [-0.1, -0.05) is 0 Å². The number of hydrogen-bond acceptors (Lipinski definition) is 3. The van der Waals surface area contributed by atoms with E-state index in [2.05, 4.69) is 21.8 Å². The van der Waals surface area contributed by atoms with Crippen LogP contribution in [-0.4, -0.2) is 40.1 Å². The summed E-state index contributed by atoms with van der Waals surface area (Å²) in [6.07, 6.45) is 3.16. The molecule has 1 fully saturated rings. The third-order valence-electron chi connectivity index (χ3n) is 5.40. The van der Waals surface area contributed by atoms with E-state index in [9.17, 15) is 9.18 Å². The van der Waals surface area contributed by atoms with E-state index in [4.69, 9.17) is 0 Å². The average molecular weight is 297 g/mol. The van der Waals surface area contributed by atoms with Crippen molar-refractivity contribution in [3.63, 3.8) is 0 Å². The Bertz CT molecular complexity index is 882. The first-order valence-corrected chi connectivity index (χ1v) is 7.77. The third-order valence-corrected chi connectivity index (χ3v) is 5.40. The van der Waals surface area contributed by atoms with Gasteiger partial charge in [-0.3, -0.25) is 9.79 Å². The second-order valence-electron chi connectivity index (χ2n) is 6.85. The van der Waals surface area contributed by atoms with E-state index in [-0.39, 0.29) is 23.7 Å². The Balaban J connectivity index is 1.91. The van der Waals surface area contributed by atoms with Crippen molar-refractivity contribution in [3.8, 4) is 0 Å². The Kier molecular flexibility index (Phi) is 2.12. The molecule has 0 bridgehead atoms. The summed E-state index contributed by atoms with van der Waals surface area (Å²) < 4.78 is 13.9. The highest BCUT2D eigenvalue weighted by Gasteiger charge is 2.45. The van der Waals surface area contributed by atoms with Gasteiger partial charge in [-0.25, -0.2) is 4.39 Å². The molecule has 1 aromatic carbocycles. The van der Waals surface area contributed by atoms with Gasteiger partial charge in [0.25, 0.3) is 0 Å². The molecule has 1 N–H and O–H groups in total. The Morgan fingerprint density at radius 3 is 3.14 bits per heavy atom. The maximum absolute atomic E-state index is 13.9. The molecule has 0 amide bonds. The highest BCUT2D eigenvalue weighted by molar-refractivity contribution is 6.21. The van der Waals surface area contributed by atoms with Gasteiger partial charge >= 0.3 is 0 Å². The highest BCUT2D eigenvalue weighted by Crippen LogP contribution is 2.42. The lowest BCUT2D eigenvalue weighted by Crippen LogP contribution is -2.50. The second kappa shape index (κ2) is 3.77. The minimum Gasteiger partial charge on any atom is -0.358 e. The van der Waals surface area contributed by atoms with Crippen LogP contribution in [0.25, 0.3) is 10.9 Å². The minimum atomic E-state index is -0.371. The van der Waals surface area contributed by atoms with Crippen LogP contribution in [0.3, 0.4) is 0 Å². The van der Waals surface area contributed by atoms with E-state index in [1.807, 2.05) is 0 Å². The average Bonchev–Trinajstić information content (AvgIpc) is 2.96. The summed E-state index contributed by atoms with van der Waals surface area (Å²) in [6, 6.07) is 2.84. The van der Waals surface area contributed by atoms with Crippen LogP contribution in [0.5, 0.6) is 0 Å². The summed E-state index contributed by atoms with van der Waals surface area (Å²) in [6.45, 7) is 3.34. The maximum atomic E-state index is 13.9. The molecule has 0 saturated carbocycles. The van der Waals surface area contributed by atoms with E-state index in [1.165, 1.54) is 12.1 Å². The van der Waals surface area contributed by atoms with E-state index in [0.717, 1.165) is 48.3 Å². The molecule has 1 atom stereocenters. The molecular formula is C17H16FN3O. The van der Waals surface area contributed by atoms with Crippen molar-refractivity contribution in [2.45, 2.75) is 31.7 Å². The molecule has 4 heterocycles. The molecule has 2 aromatic rings. The number of hydrogen-bond donors (Lipinski definition) is 1. The van der Waals surface area contributed by atoms with Gasteiger partial charge in [-0.2, -0.15) is 0 Å². The first kappa shape index (κ1) is 12.4. The summed E-state index contributed by atoms with van der Waals surface area (Å²) in [4.78, 5) is 22.7. The molecule has 112 valence electrons. The number of aliphatic imine (C=N–C) groups is 1. The molecule has 3 aliphatic rings. The van der Waals surface area contributed by atoms with Crippen molar-refractivity contribution >= 4 is 22.5 Å². The van der Waals surface area contributed by atoms with Gasteiger partial charge in [0, 0.05) is 40.7 Å². The normalized spacial score (nSPS) is 26.2. The van der Waals surface area contributed by atoms with Crippen molar-refractivity contribution < 1.29 is 9.18 Å². The third kappa shape index (κ3) is 1.36. The Morgan fingerprint density at radius 2 is 2.27 bits per heavy atom. The molecule has 0 spiro atoms. The van der Waals surface area contributed by atoms with E-state index >= 15 is 0 Å². The molecule has 3 aliphatic heterocycles. The van der Waals surface area contributed by atoms with Crippen molar-refractivity contribution in [1.82, 2.24) is 9.88 Å². The van der Waals surface area contributed by atoms with Crippen molar-refractivity contribution in [1.29, 1.82) is 0 Å². The molecule has 5 rings (SSSR count).